The molecule has 1 aliphatic heterocycles. The normalized spacial score (nSPS) is 22.4. The molecule has 2 aliphatic rings. The maximum atomic E-state index is 13.5. The molecule has 24 heavy (non-hydrogen) atoms. The number of hydrogen-bond acceptors (Lipinski definition) is 4. The number of benzene rings is 1. The van der Waals surface area contributed by atoms with E-state index in [1.165, 1.54) is 12.0 Å². The third-order valence-electron chi connectivity index (χ3n) is 5.28. The van der Waals surface area contributed by atoms with Crippen molar-refractivity contribution in [3.63, 3.8) is 0 Å². The molecule has 0 spiro atoms. The molecule has 1 atom stereocenters. The van der Waals surface area contributed by atoms with E-state index in [0.717, 1.165) is 19.3 Å². The van der Waals surface area contributed by atoms with E-state index in [2.05, 4.69) is 0 Å². The smallest absolute Gasteiger partial charge is 0.264 e. The van der Waals surface area contributed by atoms with E-state index in [1.54, 1.807) is 25.1 Å². The standard InChI is InChI=1S/C17H21ClNO4P/c1-3-24(22,23-2)17(10-5-4-6-11-17)19-15(20)12-8-7-9-13(18)14(12)16(19)21/h7-9H,3-6,10-11H2,1-2H3. The van der Waals surface area contributed by atoms with Gasteiger partial charge in [0, 0.05) is 13.3 Å². The van der Waals surface area contributed by atoms with Crippen LogP contribution in [0.4, 0.5) is 0 Å². The van der Waals surface area contributed by atoms with E-state index in [9.17, 15) is 14.2 Å². The Morgan fingerprint density at radius 1 is 1.21 bits per heavy atom. The molecule has 1 unspecified atom stereocenters. The quantitative estimate of drug-likeness (QED) is 0.577. The van der Waals surface area contributed by atoms with Gasteiger partial charge in [0.25, 0.3) is 11.8 Å². The average Bonchev–Trinajstić information content (AvgIpc) is 2.87. The lowest BCUT2D eigenvalue weighted by molar-refractivity contribution is 0.0462. The van der Waals surface area contributed by atoms with Crippen molar-refractivity contribution in [2.24, 2.45) is 0 Å². The molecule has 5 nitrogen and oxygen atoms in total. The number of nitrogens with zero attached hydrogens (tertiary/aromatic N) is 1. The fraction of sp³-hybridized carbons (Fsp3) is 0.529. The van der Waals surface area contributed by atoms with Gasteiger partial charge >= 0.3 is 0 Å². The van der Waals surface area contributed by atoms with Crippen LogP contribution >= 0.6 is 19.0 Å². The van der Waals surface area contributed by atoms with Gasteiger partial charge in [-0.15, -0.1) is 0 Å². The van der Waals surface area contributed by atoms with Gasteiger partial charge in [-0.05, 0) is 25.0 Å². The van der Waals surface area contributed by atoms with Crippen molar-refractivity contribution in [3.8, 4) is 0 Å². The van der Waals surface area contributed by atoms with Gasteiger partial charge in [0.2, 0.25) is 7.37 Å². The van der Waals surface area contributed by atoms with E-state index >= 15 is 0 Å². The van der Waals surface area contributed by atoms with Gasteiger partial charge in [0.1, 0.15) is 5.28 Å². The second kappa shape index (κ2) is 6.29. The monoisotopic (exact) mass is 369 g/mol. The number of imide groups is 1. The minimum atomic E-state index is -3.21. The molecule has 0 N–H and O–H groups in total. The maximum absolute atomic E-state index is 13.5. The summed E-state index contributed by atoms with van der Waals surface area (Å²) >= 11 is 6.16. The van der Waals surface area contributed by atoms with Crippen LogP contribution in [0.15, 0.2) is 18.2 Å². The number of carbonyl (C=O) groups excluding carboxylic acids is 2. The van der Waals surface area contributed by atoms with Gasteiger partial charge in [0.05, 0.1) is 16.1 Å². The Morgan fingerprint density at radius 2 is 1.88 bits per heavy atom. The highest BCUT2D eigenvalue weighted by molar-refractivity contribution is 7.60. The third-order valence-corrected chi connectivity index (χ3v) is 8.93. The Kier molecular flexibility index (Phi) is 4.63. The summed E-state index contributed by atoms with van der Waals surface area (Å²) in [6.45, 7) is 1.78. The molecule has 0 aromatic heterocycles. The van der Waals surface area contributed by atoms with E-state index in [1.807, 2.05) is 0 Å². The maximum Gasteiger partial charge on any atom is 0.264 e. The molecule has 1 saturated carbocycles. The van der Waals surface area contributed by atoms with Crippen molar-refractivity contribution < 1.29 is 18.7 Å². The number of hydrogen-bond donors (Lipinski definition) is 0. The first-order chi connectivity index (χ1) is 11.4. The van der Waals surface area contributed by atoms with Crippen LogP contribution in [0.3, 0.4) is 0 Å². The lowest BCUT2D eigenvalue weighted by atomic mass is 9.93. The van der Waals surface area contributed by atoms with Crippen molar-refractivity contribution >= 4 is 30.8 Å². The molecule has 1 heterocycles. The molecule has 0 radical (unpaired) electrons. The number of halogens is 1. The predicted octanol–water partition coefficient (Wildman–Crippen LogP) is 4.54. The van der Waals surface area contributed by atoms with E-state index in [0.29, 0.717) is 12.8 Å². The predicted molar refractivity (Wildman–Crippen MR) is 92.9 cm³/mol. The third kappa shape index (κ3) is 2.29. The Balaban J connectivity index is 2.17. The molecule has 7 heteroatoms. The lowest BCUT2D eigenvalue weighted by Gasteiger charge is -2.46. The van der Waals surface area contributed by atoms with Crippen molar-refractivity contribution in [1.82, 2.24) is 4.90 Å². The highest BCUT2D eigenvalue weighted by Gasteiger charge is 2.59. The Hall–Kier alpha value is -1.16. The molecule has 2 amide bonds. The SMILES string of the molecule is CCP(=O)(OC)C1(N2C(=O)c3cccc(Cl)c3C2=O)CCCCC1. The topological polar surface area (TPSA) is 63.7 Å². The van der Waals surface area contributed by atoms with Gasteiger partial charge < -0.3 is 4.52 Å². The van der Waals surface area contributed by atoms with Crippen LogP contribution in [0.2, 0.25) is 5.02 Å². The van der Waals surface area contributed by atoms with Crippen LogP contribution in [-0.4, -0.2) is 35.3 Å². The van der Waals surface area contributed by atoms with Crippen LogP contribution in [0, 0.1) is 0 Å². The summed E-state index contributed by atoms with van der Waals surface area (Å²) in [6, 6.07) is 4.85. The van der Waals surface area contributed by atoms with Crippen LogP contribution in [0.25, 0.3) is 0 Å². The second-order valence-electron chi connectivity index (χ2n) is 6.32. The summed E-state index contributed by atoms with van der Waals surface area (Å²) in [4.78, 5) is 27.3. The molecular weight excluding hydrogens is 349 g/mol. The summed E-state index contributed by atoms with van der Waals surface area (Å²) in [5, 5.41) is -0.811. The first-order valence-corrected chi connectivity index (χ1v) is 10.4. The van der Waals surface area contributed by atoms with E-state index in [-0.39, 0.29) is 22.3 Å². The zero-order valence-corrected chi connectivity index (χ0v) is 15.5. The second-order valence-corrected chi connectivity index (χ2v) is 9.91. The first kappa shape index (κ1) is 17.7. The molecule has 0 bridgehead atoms. The molecular formula is C17H21ClNO4P. The van der Waals surface area contributed by atoms with Crippen molar-refractivity contribution in [2.45, 2.75) is 44.3 Å². The van der Waals surface area contributed by atoms with Gasteiger partial charge in [0.15, 0.2) is 0 Å². The van der Waals surface area contributed by atoms with Crippen molar-refractivity contribution in [2.75, 3.05) is 13.3 Å². The van der Waals surface area contributed by atoms with E-state index < -0.39 is 24.5 Å². The number of rotatable bonds is 4. The van der Waals surface area contributed by atoms with Crippen molar-refractivity contribution in [3.05, 3.63) is 34.3 Å². The summed E-state index contributed by atoms with van der Waals surface area (Å²) in [6.07, 6.45) is 3.93. The molecule has 1 aliphatic carbocycles. The zero-order valence-electron chi connectivity index (χ0n) is 13.9. The van der Waals surface area contributed by atoms with Gasteiger partial charge in [-0.3, -0.25) is 19.1 Å². The van der Waals surface area contributed by atoms with Crippen LogP contribution < -0.4 is 0 Å². The van der Waals surface area contributed by atoms with Crippen LogP contribution in [0.1, 0.15) is 59.7 Å². The van der Waals surface area contributed by atoms with Gasteiger partial charge in [-0.2, -0.15) is 0 Å². The minimum Gasteiger partial charge on any atom is -0.330 e. The van der Waals surface area contributed by atoms with Crippen LogP contribution in [0.5, 0.6) is 0 Å². The molecule has 0 saturated heterocycles. The highest BCUT2D eigenvalue weighted by atomic mass is 35.5. The molecule has 1 fully saturated rings. The number of amides is 2. The summed E-state index contributed by atoms with van der Waals surface area (Å²) in [7, 11) is -1.81. The molecule has 1 aromatic rings. The average molecular weight is 370 g/mol. The van der Waals surface area contributed by atoms with Crippen molar-refractivity contribution in [1.29, 1.82) is 0 Å². The summed E-state index contributed by atoms with van der Waals surface area (Å²) in [5.41, 5.74) is 0.504. The summed E-state index contributed by atoms with van der Waals surface area (Å²) < 4.78 is 19.0. The lowest BCUT2D eigenvalue weighted by Crippen LogP contribution is -2.53. The Morgan fingerprint density at radius 3 is 2.42 bits per heavy atom. The molecule has 3 rings (SSSR count). The number of fused-ring (bicyclic) bond motifs is 1. The Labute approximate surface area is 146 Å². The zero-order chi connectivity index (χ0) is 17.5. The Bertz CT molecular complexity index is 734. The molecule has 1 aromatic carbocycles. The number of carbonyl (C=O) groups is 2. The highest BCUT2D eigenvalue weighted by Crippen LogP contribution is 2.66. The minimum absolute atomic E-state index is 0.216. The fourth-order valence-electron chi connectivity index (χ4n) is 4.05. The van der Waals surface area contributed by atoms with Gasteiger partial charge in [-0.25, -0.2) is 0 Å². The van der Waals surface area contributed by atoms with Crippen LogP contribution in [-0.2, 0) is 9.09 Å². The molecule has 130 valence electrons. The summed E-state index contributed by atoms with van der Waals surface area (Å²) in [5.74, 6) is -0.863. The largest absolute Gasteiger partial charge is 0.330 e. The first-order valence-electron chi connectivity index (χ1n) is 8.24. The van der Waals surface area contributed by atoms with Gasteiger partial charge in [-0.1, -0.05) is 43.9 Å². The van der Waals surface area contributed by atoms with E-state index in [4.69, 9.17) is 16.1 Å². The fourth-order valence-corrected chi connectivity index (χ4v) is 6.98.